The van der Waals surface area contributed by atoms with Crippen LogP contribution in [0.5, 0.6) is 0 Å². The van der Waals surface area contributed by atoms with Crippen molar-refractivity contribution in [3.8, 4) is 0 Å². The van der Waals surface area contributed by atoms with Gasteiger partial charge in [-0.05, 0) is 12.1 Å². The summed E-state index contributed by atoms with van der Waals surface area (Å²) in [5.74, 6) is 0. The molecule has 0 saturated carbocycles. The van der Waals surface area contributed by atoms with E-state index in [1.807, 2.05) is 36.4 Å². The molecule has 64 valence electrons. The van der Waals surface area contributed by atoms with Crippen LogP contribution in [0.25, 0.3) is 10.9 Å². The van der Waals surface area contributed by atoms with E-state index >= 15 is 0 Å². The molecule has 0 N–H and O–H groups in total. The molecule has 0 bridgehead atoms. The Labute approximate surface area is 76.2 Å². The van der Waals surface area contributed by atoms with Gasteiger partial charge in [0, 0.05) is 17.5 Å². The molecule has 0 atom stereocenters. The maximum absolute atomic E-state index is 10.3. The van der Waals surface area contributed by atoms with Crippen molar-refractivity contribution in [1.82, 2.24) is 4.98 Å². The van der Waals surface area contributed by atoms with Gasteiger partial charge in [-0.15, -0.1) is 0 Å². The summed E-state index contributed by atoms with van der Waals surface area (Å²) in [7, 11) is 0. The minimum absolute atomic E-state index is 0.394. The number of hydrogen-bond donors (Lipinski definition) is 0. The van der Waals surface area contributed by atoms with Crippen molar-refractivity contribution >= 4 is 17.2 Å². The van der Waals surface area contributed by atoms with Crippen LogP contribution in [0.15, 0.2) is 36.4 Å². The zero-order chi connectivity index (χ0) is 9.10. The van der Waals surface area contributed by atoms with Crippen LogP contribution < -0.4 is 0 Å². The van der Waals surface area contributed by atoms with Gasteiger partial charge < -0.3 is 4.79 Å². The lowest BCUT2D eigenvalue weighted by Crippen LogP contribution is -1.90. The Morgan fingerprint density at radius 1 is 1.15 bits per heavy atom. The quantitative estimate of drug-likeness (QED) is 0.646. The van der Waals surface area contributed by atoms with Crippen LogP contribution in [-0.4, -0.2) is 11.3 Å². The summed E-state index contributed by atoms with van der Waals surface area (Å²) in [6.45, 7) is 0. The highest BCUT2D eigenvalue weighted by atomic mass is 16.1. The first kappa shape index (κ1) is 7.92. The predicted molar refractivity (Wildman–Crippen MR) is 51.5 cm³/mol. The van der Waals surface area contributed by atoms with Crippen LogP contribution in [0, 0.1) is 0 Å². The van der Waals surface area contributed by atoms with Gasteiger partial charge in [-0.2, -0.15) is 0 Å². The summed E-state index contributed by atoms with van der Waals surface area (Å²) in [4.78, 5) is 14.6. The smallest absolute Gasteiger partial charge is 0.125 e. The van der Waals surface area contributed by atoms with Crippen molar-refractivity contribution in [3.63, 3.8) is 0 Å². The molecule has 13 heavy (non-hydrogen) atoms. The van der Waals surface area contributed by atoms with Gasteiger partial charge in [0.2, 0.25) is 0 Å². The number of fused-ring (bicyclic) bond motifs is 1. The second-order valence-corrected chi connectivity index (χ2v) is 2.87. The molecular formula is C11H9NO. The summed E-state index contributed by atoms with van der Waals surface area (Å²) in [6, 6.07) is 11.7. The number of aldehydes is 1. The van der Waals surface area contributed by atoms with E-state index < -0.39 is 0 Å². The van der Waals surface area contributed by atoms with Crippen molar-refractivity contribution in [2.24, 2.45) is 0 Å². The van der Waals surface area contributed by atoms with Crippen LogP contribution in [-0.2, 0) is 11.2 Å². The average molecular weight is 171 g/mol. The molecule has 2 nitrogen and oxygen atoms in total. The van der Waals surface area contributed by atoms with Gasteiger partial charge in [0.05, 0.1) is 5.52 Å². The number of benzene rings is 1. The van der Waals surface area contributed by atoms with Crippen molar-refractivity contribution < 1.29 is 4.79 Å². The Kier molecular flexibility index (Phi) is 2.04. The van der Waals surface area contributed by atoms with E-state index in [9.17, 15) is 4.79 Å². The zero-order valence-electron chi connectivity index (χ0n) is 7.10. The van der Waals surface area contributed by atoms with Crippen LogP contribution in [0.4, 0.5) is 0 Å². The van der Waals surface area contributed by atoms with Crippen molar-refractivity contribution in [2.75, 3.05) is 0 Å². The lowest BCUT2D eigenvalue weighted by Gasteiger charge is -1.98. The summed E-state index contributed by atoms with van der Waals surface area (Å²) in [5, 5.41) is 1.11. The van der Waals surface area contributed by atoms with E-state index in [0.717, 1.165) is 22.9 Å². The maximum atomic E-state index is 10.3. The molecule has 0 aliphatic heterocycles. The standard InChI is InChI=1S/C11H9NO/c13-8-7-10-6-5-9-3-1-2-4-11(9)12-10/h1-6,8H,7H2. The van der Waals surface area contributed by atoms with E-state index in [0.29, 0.717) is 6.42 Å². The Morgan fingerprint density at radius 3 is 2.85 bits per heavy atom. The zero-order valence-corrected chi connectivity index (χ0v) is 7.10. The van der Waals surface area contributed by atoms with E-state index in [2.05, 4.69) is 4.98 Å². The van der Waals surface area contributed by atoms with E-state index in [-0.39, 0.29) is 0 Å². The molecular weight excluding hydrogens is 162 g/mol. The molecule has 0 aliphatic rings. The highest BCUT2D eigenvalue weighted by Crippen LogP contribution is 2.11. The Morgan fingerprint density at radius 2 is 2.00 bits per heavy atom. The van der Waals surface area contributed by atoms with Gasteiger partial charge in [-0.25, -0.2) is 0 Å². The molecule has 1 heterocycles. The second kappa shape index (κ2) is 3.35. The van der Waals surface area contributed by atoms with Crippen LogP contribution in [0.2, 0.25) is 0 Å². The van der Waals surface area contributed by atoms with Crippen molar-refractivity contribution in [3.05, 3.63) is 42.1 Å². The highest BCUT2D eigenvalue weighted by Gasteiger charge is 1.95. The topological polar surface area (TPSA) is 30.0 Å². The number of carbonyl (C=O) groups excluding carboxylic acids is 1. The van der Waals surface area contributed by atoms with Crippen LogP contribution in [0.1, 0.15) is 5.69 Å². The first-order chi connectivity index (χ1) is 6.40. The van der Waals surface area contributed by atoms with Gasteiger partial charge in [-0.1, -0.05) is 24.3 Å². The Bertz CT molecular complexity index is 437. The molecule has 0 unspecified atom stereocenters. The van der Waals surface area contributed by atoms with E-state index in [1.165, 1.54) is 0 Å². The second-order valence-electron chi connectivity index (χ2n) is 2.87. The van der Waals surface area contributed by atoms with Gasteiger partial charge in [0.25, 0.3) is 0 Å². The maximum Gasteiger partial charge on any atom is 0.125 e. The molecule has 2 rings (SSSR count). The number of nitrogens with zero attached hydrogens (tertiary/aromatic N) is 1. The molecule has 0 saturated heterocycles. The molecule has 1 aromatic carbocycles. The van der Waals surface area contributed by atoms with Gasteiger partial charge in [0.1, 0.15) is 6.29 Å². The monoisotopic (exact) mass is 171 g/mol. The number of pyridine rings is 1. The van der Waals surface area contributed by atoms with Gasteiger partial charge in [0.15, 0.2) is 0 Å². The Balaban J connectivity index is 2.55. The predicted octanol–water partition coefficient (Wildman–Crippen LogP) is 1.98. The molecule has 0 amide bonds. The fourth-order valence-electron chi connectivity index (χ4n) is 1.31. The molecule has 0 fully saturated rings. The normalized spacial score (nSPS) is 10.2. The Hall–Kier alpha value is -1.70. The van der Waals surface area contributed by atoms with Crippen LogP contribution in [0.3, 0.4) is 0 Å². The molecule has 0 spiro atoms. The third-order valence-corrected chi connectivity index (χ3v) is 1.95. The highest BCUT2D eigenvalue weighted by molar-refractivity contribution is 5.78. The third kappa shape index (κ3) is 1.56. The summed E-state index contributed by atoms with van der Waals surface area (Å²) in [5.41, 5.74) is 1.77. The number of carbonyl (C=O) groups is 1. The summed E-state index contributed by atoms with van der Waals surface area (Å²) in [6.07, 6.45) is 1.27. The fourth-order valence-corrected chi connectivity index (χ4v) is 1.31. The minimum Gasteiger partial charge on any atom is -0.303 e. The molecule has 0 radical (unpaired) electrons. The van der Waals surface area contributed by atoms with E-state index in [4.69, 9.17) is 0 Å². The number of hydrogen-bond acceptors (Lipinski definition) is 2. The molecule has 0 aliphatic carbocycles. The van der Waals surface area contributed by atoms with Gasteiger partial charge in [-0.3, -0.25) is 4.98 Å². The lowest BCUT2D eigenvalue weighted by atomic mass is 10.2. The number of para-hydroxylation sites is 1. The minimum atomic E-state index is 0.394. The van der Waals surface area contributed by atoms with Crippen LogP contribution >= 0.6 is 0 Å². The number of aromatic nitrogens is 1. The largest absolute Gasteiger partial charge is 0.303 e. The fraction of sp³-hybridized carbons (Fsp3) is 0.0909. The molecule has 2 heteroatoms. The van der Waals surface area contributed by atoms with Crippen molar-refractivity contribution in [2.45, 2.75) is 6.42 Å². The SMILES string of the molecule is O=CCc1ccc2ccccc2n1. The van der Waals surface area contributed by atoms with Gasteiger partial charge >= 0.3 is 0 Å². The molecule has 2 aromatic rings. The summed E-state index contributed by atoms with van der Waals surface area (Å²) < 4.78 is 0. The lowest BCUT2D eigenvalue weighted by molar-refractivity contribution is -0.107. The van der Waals surface area contributed by atoms with E-state index in [1.54, 1.807) is 0 Å². The first-order valence-electron chi connectivity index (χ1n) is 4.18. The summed E-state index contributed by atoms with van der Waals surface area (Å²) >= 11 is 0. The van der Waals surface area contributed by atoms with Crippen molar-refractivity contribution in [1.29, 1.82) is 0 Å². The number of rotatable bonds is 2. The first-order valence-corrected chi connectivity index (χ1v) is 4.18. The third-order valence-electron chi connectivity index (χ3n) is 1.95. The molecule has 1 aromatic heterocycles. The average Bonchev–Trinajstić information content (AvgIpc) is 2.18.